The molecule has 0 aromatic heterocycles. The normalized spacial score (nSPS) is 16.4. The Morgan fingerprint density at radius 1 is 1.60 bits per heavy atom. The van der Waals surface area contributed by atoms with Crippen molar-refractivity contribution in [1.29, 1.82) is 0 Å². The van der Waals surface area contributed by atoms with E-state index in [4.69, 9.17) is 10.2 Å². The van der Waals surface area contributed by atoms with Crippen LogP contribution in [0.1, 0.15) is 20.3 Å². The Hall–Kier alpha value is -0.410. The van der Waals surface area contributed by atoms with Crippen molar-refractivity contribution in [3.8, 4) is 0 Å². The molecule has 0 aliphatic rings. The van der Waals surface area contributed by atoms with E-state index in [9.17, 15) is 4.79 Å². The first-order chi connectivity index (χ1) is 4.59. The summed E-state index contributed by atoms with van der Waals surface area (Å²) < 4.78 is 0. The lowest BCUT2D eigenvalue weighted by Gasteiger charge is -2.14. The summed E-state index contributed by atoms with van der Waals surface area (Å²) in [5, 5.41) is 17.5. The third kappa shape index (κ3) is 2.94. The van der Waals surface area contributed by atoms with E-state index in [1.165, 1.54) is 6.92 Å². The van der Waals surface area contributed by atoms with E-state index in [0.29, 0.717) is 6.42 Å². The molecule has 60 valence electrons. The number of carbonyl (C=O) groups excluding carboxylic acids is 1. The zero-order valence-electron chi connectivity index (χ0n) is 6.37. The Labute approximate surface area is 60.7 Å². The molecule has 0 fully saturated rings. The van der Waals surface area contributed by atoms with Gasteiger partial charge in [-0.3, -0.25) is 4.79 Å². The average Bonchev–Trinajstić information content (AvgIpc) is 1.81. The van der Waals surface area contributed by atoms with Gasteiger partial charge in [0.25, 0.3) is 0 Å². The predicted molar refractivity (Wildman–Crippen MR) is 37.6 cm³/mol. The molecule has 3 nitrogen and oxygen atoms in total. The summed E-state index contributed by atoms with van der Waals surface area (Å²) in [7, 11) is 0. The molecule has 0 radical (unpaired) electrons. The molecular weight excluding hydrogens is 132 g/mol. The second-order valence-electron chi connectivity index (χ2n) is 2.47. The quantitative estimate of drug-likeness (QED) is 0.585. The van der Waals surface area contributed by atoms with Crippen LogP contribution in [0, 0.1) is 5.92 Å². The third-order valence-corrected chi connectivity index (χ3v) is 1.54. The highest BCUT2D eigenvalue weighted by Crippen LogP contribution is 2.08. The van der Waals surface area contributed by atoms with Crippen molar-refractivity contribution in [1.82, 2.24) is 0 Å². The van der Waals surface area contributed by atoms with Crippen LogP contribution in [0.3, 0.4) is 0 Å². The van der Waals surface area contributed by atoms with Gasteiger partial charge in [0.15, 0.2) is 0 Å². The summed E-state index contributed by atoms with van der Waals surface area (Å²) in [6.45, 7) is 2.93. The summed E-state index contributed by atoms with van der Waals surface area (Å²) in [5.41, 5.74) is 0. The predicted octanol–water partition coefficient (Wildman–Crippen LogP) is -0.0452. The Balaban J connectivity index is 3.85. The maximum Gasteiger partial charge on any atom is 0.135 e. The fourth-order valence-electron chi connectivity index (χ4n) is 0.923. The minimum Gasteiger partial charge on any atom is -0.396 e. The molecule has 10 heavy (non-hydrogen) atoms. The Kier molecular flexibility index (Phi) is 4.23. The number of aliphatic hydroxyl groups is 2. The van der Waals surface area contributed by atoms with Crippen LogP contribution in [0.4, 0.5) is 0 Å². The van der Waals surface area contributed by atoms with E-state index in [1.807, 2.05) is 0 Å². The van der Waals surface area contributed by atoms with Crippen LogP contribution in [-0.2, 0) is 4.79 Å². The van der Waals surface area contributed by atoms with E-state index < -0.39 is 12.0 Å². The molecule has 2 unspecified atom stereocenters. The van der Waals surface area contributed by atoms with Crippen molar-refractivity contribution in [2.75, 3.05) is 6.61 Å². The number of Topliss-reactive ketones (excluding diaryl/α,β-unsaturated/α-hetero) is 1. The average molecular weight is 146 g/mol. The van der Waals surface area contributed by atoms with Gasteiger partial charge < -0.3 is 10.2 Å². The fourth-order valence-corrected chi connectivity index (χ4v) is 0.923. The van der Waals surface area contributed by atoms with Crippen LogP contribution in [0.15, 0.2) is 0 Å². The first-order valence-electron chi connectivity index (χ1n) is 3.39. The van der Waals surface area contributed by atoms with Gasteiger partial charge in [-0.2, -0.15) is 0 Å². The smallest absolute Gasteiger partial charge is 0.135 e. The van der Waals surface area contributed by atoms with Crippen molar-refractivity contribution in [2.45, 2.75) is 26.4 Å². The Bertz CT molecular complexity index is 109. The lowest BCUT2D eigenvalue weighted by molar-refractivity contribution is -0.124. The molecule has 0 amide bonds. The number of aliphatic hydroxyl groups excluding tert-OH is 2. The molecule has 0 spiro atoms. The van der Waals surface area contributed by atoms with E-state index in [0.717, 1.165) is 0 Å². The molecule has 3 heteroatoms. The number of hydrogen-bond acceptors (Lipinski definition) is 3. The third-order valence-electron chi connectivity index (χ3n) is 1.54. The van der Waals surface area contributed by atoms with Gasteiger partial charge in [-0.15, -0.1) is 0 Å². The van der Waals surface area contributed by atoms with Gasteiger partial charge in [0.05, 0.1) is 6.10 Å². The number of rotatable bonds is 4. The zero-order valence-corrected chi connectivity index (χ0v) is 6.37. The van der Waals surface area contributed by atoms with Crippen LogP contribution in [0.2, 0.25) is 0 Å². The summed E-state index contributed by atoms with van der Waals surface area (Å²) in [6, 6.07) is 0. The van der Waals surface area contributed by atoms with Crippen LogP contribution in [0.25, 0.3) is 0 Å². The molecule has 0 saturated carbocycles. The molecule has 2 atom stereocenters. The summed E-state index contributed by atoms with van der Waals surface area (Å²) >= 11 is 0. The van der Waals surface area contributed by atoms with Crippen molar-refractivity contribution in [2.24, 2.45) is 5.92 Å². The maximum atomic E-state index is 10.7. The SMILES string of the molecule is CC(=O)C(CCO)C(C)O. The van der Waals surface area contributed by atoms with Gasteiger partial charge in [-0.1, -0.05) is 0 Å². The first kappa shape index (κ1) is 9.59. The van der Waals surface area contributed by atoms with Crippen LogP contribution in [-0.4, -0.2) is 28.7 Å². The van der Waals surface area contributed by atoms with Gasteiger partial charge in [0.1, 0.15) is 5.78 Å². The largest absolute Gasteiger partial charge is 0.396 e. The number of ketones is 1. The van der Waals surface area contributed by atoms with Crippen molar-refractivity contribution in [3.05, 3.63) is 0 Å². The van der Waals surface area contributed by atoms with E-state index in [2.05, 4.69) is 0 Å². The lowest BCUT2D eigenvalue weighted by atomic mass is 9.96. The summed E-state index contributed by atoms with van der Waals surface area (Å²) in [6.07, 6.45) is -0.294. The minimum absolute atomic E-state index is 0.0465. The van der Waals surface area contributed by atoms with Crippen LogP contribution >= 0.6 is 0 Å². The van der Waals surface area contributed by atoms with Crippen molar-refractivity contribution < 1.29 is 15.0 Å². The highest BCUT2D eigenvalue weighted by atomic mass is 16.3. The molecule has 0 aromatic carbocycles. The summed E-state index contributed by atoms with van der Waals surface area (Å²) in [4.78, 5) is 10.7. The van der Waals surface area contributed by atoms with Gasteiger partial charge in [-0.25, -0.2) is 0 Å². The highest BCUT2D eigenvalue weighted by molar-refractivity contribution is 5.78. The monoisotopic (exact) mass is 146 g/mol. The standard InChI is InChI=1S/C7H14O3/c1-5(9)7(3-4-8)6(2)10/h5,7-9H,3-4H2,1-2H3. The van der Waals surface area contributed by atoms with E-state index in [1.54, 1.807) is 6.92 Å². The van der Waals surface area contributed by atoms with Crippen LogP contribution < -0.4 is 0 Å². The molecule has 0 aliphatic carbocycles. The highest BCUT2D eigenvalue weighted by Gasteiger charge is 2.18. The Morgan fingerprint density at radius 2 is 2.10 bits per heavy atom. The molecule has 0 heterocycles. The topological polar surface area (TPSA) is 57.5 Å². The molecule has 0 rings (SSSR count). The summed E-state index contributed by atoms with van der Waals surface area (Å²) in [5.74, 6) is -0.464. The zero-order chi connectivity index (χ0) is 8.15. The second kappa shape index (κ2) is 4.41. The van der Waals surface area contributed by atoms with Crippen molar-refractivity contribution in [3.63, 3.8) is 0 Å². The maximum absolute atomic E-state index is 10.7. The number of carbonyl (C=O) groups is 1. The van der Waals surface area contributed by atoms with Gasteiger partial charge in [0, 0.05) is 12.5 Å². The molecule has 2 N–H and O–H groups in total. The molecule has 0 bridgehead atoms. The van der Waals surface area contributed by atoms with Gasteiger partial charge in [0.2, 0.25) is 0 Å². The van der Waals surface area contributed by atoms with E-state index in [-0.39, 0.29) is 12.4 Å². The lowest BCUT2D eigenvalue weighted by Crippen LogP contribution is -2.24. The van der Waals surface area contributed by atoms with E-state index >= 15 is 0 Å². The minimum atomic E-state index is -0.648. The Morgan fingerprint density at radius 3 is 2.20 bits per heavy atom. The second-order valence-corrected chi connectivity index (χ2v) is 2.47. The number of hydrogen-bond donors (Lipinski definition) is 2. The molecule has 0 aliphatic heterocycles. The molecular formula is C7H14O3. The van der Waals surface area contributed by atoms with Crippen LogP contribution in [0.5, 0.6) is 0 Å². The fraction of sp³-hybridized carbons (Fsp3) is 0.857. The molecule has 0 aromatic rings. The first-order valence-corrected chi connectivity index (χ1v) is 3.39. The van der Waals surface area contributed by atoms with Gasteiger partial charge in [-0.05, 0) is 20.3 Å². The van der Waals surface area contributed by atoms with Gasteiger partial charge >= 0.3 is 0 Å². The molecule has 0 saturated heterocycles. The van der Waals surface area contributed by atoms with Crippen molar-refractivity contribution >= 4 is 5.78 Å².